The average molecular weight is 422 g/mol. The average Bonchev–Trinajstić information content (AvgIpc) is 2.71. The molecule has 1 heterocycles. The molecule has 0 saturated carbocycles. The molecule has 2 aromatic rings. The zero-order valence-corrected chi connectivity index (χ0v) is 16.0. The van der Waals surface area contributed by atoms with Gasteiger partial charge in [0.2, 0.25) is 0 Å². The predicted molar refractivity (Wildman–Crippen MR) is 105 cm³/mol. The Morgan fingerprint density at radius 3 is 2.67 bits per heavy atom. The molecule has 1 amide bonds. The van der Waals surface area contributed by atoms with E-state index in [1.807, 2.05) is 24.3 Å². The third kappa shape index (κ3) is 6.03. The first-order chi connectivity index (χ1) is 14.3. The van der Waals surface area contributed by atoms with Gasteiger partial charge in [-0.05, 0) is 36.2 Å². The first-order valence-electron chi connectivity index (χ1n) is 9.22. The van der Waals surface area contributed by atoms with E-state index in [-0.39, 0.29) is 30.8 Å². The van der Waals surface area contributed by atoms with Gasteiger partial charge in [0.25, 0.3) is 5.91 Å². The molecule has 0 aliphatic carbocycles. The predicted octanol–water partition coefficient (Wildman–Crippen LogP) is 2.81. The number of anilines is 1. The molecule has 0 fully saturated rings. The monoisotopic (exact) mass is 422 g/mol. The molecule has 160 valence electrons. The summed E-state index contributed by atoms with van der Waals surface area (Å²) in [5.41, 5.74) is 7.25. The quantitative estimate of drug-likeness (QED) is 0.407. The van der Waals surface area contributed by atoms with Crippen molar-refractivity contribution in [3.8, 4) is 11.5 Å². The summed E-state index contributed by atoms with van der Waals surface area (Å²) in [6, 6.07) is 12.8. The maximum Gasteiger partial charge on any atom is 0.573 e. The Balaban J connectivity index is 1.43. The Kier molecular flexibility index (Phi) is 6.65. The molecule has 3 rings (SSSR count). The fourth-order valence-electron chi connectivity index (χ4n) is 2.88. The number of nitrogens with one attached hydrogen (secondary N) is 1. The lowest BCUT2D eigenvalue weighted by Crippen LogP contribution is -2.41. The van der Waals surface area contributed by atoms with E-state index in [1.165, 1.54) is 24.3 Å². The second-order valence-electron chi connectivity index (χ2n) is 6.48. The van der Waals surface area contributed by atoms with Crippen molar-refractivity contribution in [1.29, 1.82) is 0 Å². The summed E-state index contributed by atoms with van der Waals surface area (Å²) in [4.78, 5) is 17.9. The number of alkyl halides is 3. The minimum absolute atomic E-state index is 0.0147. The molecule has 0 saturated heterocycles. The van der Waals surface area contributed by atoms with Crippen molar-refractivity contribution in [1.82, 2.24) is 5.32 Å². The number of aliphatic imine (C=N–C) groups is 1. The van der Waals surface area contributed by atoms with Crippen LogP contribution in [0.2, 0.25) is 0 Å². The summed E-state index contributed by atoms with van der Waals surface area (Å²) < 4.78 is 45.7. The van der Waals surface area contributed by atoms with E-state index in [0.717, 1.165) is 5.69 Å². The van der Waals surface area contributed by atoms with Crippen LogP contribution < -0.4 is 25.4 Å². The number of hydrogen-bond donors (Lipinski definition) is 2. The van der Waals surface area contributed by atoms with Gasteiger partial charge >= 0.3 is 6.36 Å². The summed E-state index contributed by atoms with van der Waals surface area (Å²) >= 11 is 0. The van der Waals surface area contributed by atoms with Crippen molar-refractivity contribution in [2.24, 2.45) is 10.7 Å². The number of fused-ring (bicyclic) bond motifs is 1. The number of nitrogens with zero attached hydrogens (tertiary/aromatic N) is 2. The molecule has 0 aromatic heterocycles. The van der Waals surface area contributed by atoms with Crippen LogP contribution >= 0.6 is 0 Å². The molecule has 0 unspecified atom stereocenters. The van der Waals surface area contributed by atoms with Gasteiger partial charge in [-0.1, -0.05) is 24.3 Å². The minimum Gasteiger partial charge on any atom is -0.482 e. The van der Waals surface area contributed by atoms with Crippen molar-refractivity contribution in [3.05, 3.63) is 54.1 Å². The number of hydrogen-bond acceptors (Lipinski definition) is 4. The lowest BCUT2D eigenvalue weighted by molar-refractivity contribution is -0.274. The molecule has 0 radical (unpaired) electrons. The Bertz CT molecular complexity index is 901. The van der Waals surface area contributed by atoms with Gasteiger partial charge in [-0.3, -0.25) is 4.79 Å². The van der Waals surface area contributed by atoms with Gasteiger partial charge in [-0.15, -0.1) is 13.2 Å². The van der Waals surface area contributed by atoms with Crippen LogP contribution in [0.1, 0.15) is 12.0 Å². The van der Waals surface area contributed by atoms with E-state index in [1.54, 1.807) is 4.90 Å². The number of amides is 1. The molecule has 10 heteroatoms. The van der Waals surface area contributed by atoms with Gasteiger partial charge in [0.1, 0.15) is 11.5 Å². The summed E-state index contributed by atoms with van der Waals surface area (Å²) in [7, 11) is 0. The van der Waals surface area contributed by atoms with Crippen LogP contribution in [0.4, 0.5) is 18.9 Å². The van der Waals surface area contributed by atoms with Gasteiger partial charge in [-0.2, -0.15) is 0 Å². The lowest BCUT2D eigenvalue weighted by Gasteiger charge is -2.29. The van der Waals surface area contributed by atoms with Crippen LogP contribution in [0.25, 0.3) is 0 Å². The number of carbonyl (C=O) groups excluding carboxylic acids is 1. The van der Waals surface area contributed by atoms with E-state index in [0.29, 0.717) is 30.8 Å². The molecule has 0 atom stereocenters. The molecule has 30 heavy (non-hydrogen) atoms. The normalized spacial score (nSPS) is 14.2. The van der Waals surface area contributed by atoms with Crippen LogP contribution in [0.15, 0.2) is 53.5 Å². The molecule has 3 N–H and O–H groups in total. The molecule has 1 aliphatic heterocycles. The Morgan fingerprint density at radius 2 is 1.93 bits per heavy atom. The van der Waals surface area contributed by atoms with E-state index < -0.39 is 6.36 Å². The van der Waals surface area contributed by atoms with Crippen molar-refractivity contribution in [3.63, 3.8) is 0 Å². The fourth-order valence-corrected chi connectivity index (χ4v) is 2.88. The third-order valence-corrected chi connectivity index (χ3v) is 4.26. The first kappa shape index (κ1) is 21.3. The number of carbonyl (C=O) groups is 1. The summed E-state index contributed by atoms with van der Waals surface area (Å²) in [6.07, 6.45) is -4.08. The van der Waals surface area contributed by atoms with E-state index in [4.69, 9.17) is 10.5 Å². The van der Waals surface area contributed by atoms with Gasteiger partial charge in [0, 0.05) is 13.1 Å². The Morgan fingerprint density at radius 1 is 1.20 bits per heavy atom. The van der Waals surface area contributed by atoms with Crippen molar-refractivity contribution < 1.29 is 27.4 Å². The highest BCUT2D eigenvalue weighted by Gasteiger charge is 2.31. The summed E-state index contributed by atoms with van der Waals surface area (Å²) in [6.45, 7) is 1.22. The van der Waals surface area contributed by atoms with E-state index in [2.05, 4.69) is 15.0 Å². The van der Waals surface area contributed by atoms with Crippen LogP contribution in [-0.4, -0.2) is 37.9 Å². The van der Waals surface area contributed by atoms with Gasteiger partial charge < -0.3 is 25.4 Å². The second-order valence-corrected chi connectivity index (χ2v) is 6.48. The van der Waals surface area contributed by atoms with Gasteiger partial charge in [0.15, 0.2) is 12.6 Å². The largest absolute Gasteiger partial charge is 0.573 e. The number of halogens is 3. The maximum atomic E-state index is 12.2. The molecule has 7 nitrogen and oxygen atoms in total. The lowest BCUT2D eigenvalue weighted by atomic mass is 10.2. The Labute approximate surface area is 171 Å². The number of benzene rings is 2. The Hall–Kier alpha value is -3.43. The van der Waals surface area contributed by atoms with Crippen LogP contribution in [0.3, 0.4) is 0 Å². The second kappa shape index (κ2) is 9.38. The zero-order valence-electron chi connectivity index (χ0n) is 16.0. The van der Waals surface area contributed by atoms with Crippen LogP contribution in [0.5, 0.6) is 11.5 Å². The van der Waals surface area contributed by atoms with Crippen molar-refractivity contribution in [2.75, 3.05) is 24.6 Å². The molecule has 2 aromatic carbocycles. The molecular formula is C20H21F3N4O3. The number of nitrogens with two attached hydrogens (primary N) is 1. The highest BCUT2D eigenvalue weighted by Crippen LogP contribution is 2.31. The standard InChI is InChI=1S/C20H21F3N4O3/c21-20(22,23)30-15-8-6-14(7-9-15)12-26-19(24)25-10-3-11-27-16-4-1-2-5-17(16)29-13-18(27)28/h1-2,4-9H,3,10-13H2,(H3,24,25,26). The zero-order chi connectivity index (χ0) is 21.6. The van der Waals surface area contributed by atoms with Crippen LogP contribution in [0, 0.1) is 0 Å². The number of rotatable bonds is 7. The maximum absolute atomic E-state index is 12.2. The SMILES string of the molecule is NC(=NCc1ccc(OC(F)(F)F)cc1)NCCCN1C(=O)COc2ccccc21. The number of guanidine groups is 1. The molecular weight excluding hydrogens is 401 g/mol. The summed E-state index contributed by atoms with van der Waals surface area (Å²) in [5.74, 6) is 0.492. The first-order valence-corrected chi connectivity index (χ1v) is 9.22. The number of ether oxygens (including phenoxy) is 2. The highest BCUT2D eigenvalue weighted by atomic mass is 19.4. The van der Waals surface area contributed by atoms with E-state index in [9.17, 15) is 18.0 Å². The van der Waals surface area contributed by atoms with Gasteiger partial charge in [0.05, 0.1) is 12.2 Å². The highest BCUT2D eigenvalue weighted by molar-refractivity contribution is 5.97. The number of para-hydroxylation sites is 2. The third-order valence-electron chi connectivity index (χ3n) is 4.26. The smallest absolute Gasteiger partial charge is 0.482 e. The van der Waals surface area contributed by atoms with Gasteiger partial charge in [-0.25, -0.2) is 4.99 Å². The van der Waals surface area contributed by atoms with Crippen LogP contribution in [-0.2, 0) is 11.3 Å². The molecule has 0 bridgehead atoms. The molecule has 0 spiro atoms. The van der Waals surface area contributed by atoms with Crippen molar-refractivity contribution >= 4 is 17.6 Å². The van der Waals surface area contributed by atoms with Crippen molar-refractivity contribution in [2.45, 2.75) is 19.3 Å². The topological polar surface area (TPSA) is 89.2 Å². The molecule has 1 aliphatic rings. The summed E-state index contributed by atoms with van der Waals surface area (Å²) in [5, 5.41) is 2.96. The fraction of sp³-hybridized carbons (Fsp3) is 0.300. The van der Waals surface area contributed by atoms with E-state index >= 15 is 0 Å². The minimum atomic E-state index is -4.72.